The van der Waals surface area contributed by atoms with Crippen molar-refractivity contribution in [2.75, 3.05) is 26.2 Å². The highest BCUT2D eigenvalue weighted by atomic mass is 16.4. The SMILES string of the molecule is CC1CCCCN1CCC1CCN(Cc2ccc(C(=O)O)cc2)CC1. The van der Waals surface area contributed by atoms with Crippen molar-refractivity contribution in [2.24, 2.45) is 5.92 Å². The second-order valence-corrected chi connectivity index (χ2v) is 7.89. The zero-order valence-corrected chi connectivity index (χ0v) is 15.5. The molecule has 138 valence electrons. The number of hydrogen-bond acceptors (Lipinski definition) is 3. The van der Waals surface area contributed by atoms with Crippen LogP contribution in [0, 0.1) is 5.92 Å². The van der Waals surface area contributed by atoms with Gasteiger partial charge >= 0.3 is 5.97 Å². The molecule has 2 heterocycles. The van der Waals surface area contributed by atoms with Gasteiger partial charge in [0, 0.05) is 12.6 Å². The van der Waals surface area contributed by atoms with E-state index in [1.165, 1.54) is 70.3 Å². The van der Waals surface area contributed by atoms with Crippen molar-refractivity contribution in [3.8, 4) is 0 Å². The maximum absolute atomic E-state index is 10.9. The Morgan fingerprint density at radius 2 is 1.80 bits per heavy atom. The van der Waals surface area contributed by atoms with E-state index < -0.39 is 5.97 Å². The van der Waals surface area contributed by atoms with Crippen molar-refractivity contribution in [1.29, 1.82) is 0 Å². The zero-order valence-electron chi connectivity index (χ0n) is 15.5. The van der Waals surface area contributed by atoms with E-state index >= 15 is 0 Å². The molecule has 1 aromatic rings. The van der Waals surface area contributed by atoms with Crippen molar-refractivity contribution in [1.82, 2.24) is 9.80 Å². The third-order valence-corrected chi connectivity index (χ3v) is 6.08. The Morgan fingerprint density at radius 3 is 2.44 bits per heavy atom. The Hall–Kier alpha value is -1.39. The van der Waals surface area contributed by atoms with Gasteiger partial charge in [-0.3, -0.25) is 4.90 Å². The van der Waals surface area contributed by atoms with Crippen LogP contribution in [0.25, 0.3) is 0 Å². The van der Waals surface area contributed by atoms with Gasteiger partial charge in [0.15, 0.2) is 0 Å². The van der Waals surface area contributed by atoms with Gasteiger partial charge in [0.1, 0.15) is 0 Å². The third-order valence-electron chi connectivity index (χ3n) is 6.08. The smallest absolute Gasteiger partial charge is 0.335 e. The summed E-state index contributed by atoms with van der Waals surface area (Å²) in [6, 6.07) is 8.11. The lowest BCUT2D eigenvalue weighted by atomic mass is 9.92. The van der Waals surface area contributed by atoms with Crippen LogP contribution in [-0.2, 0) is 6.54 Å². The van der Waals surface area contributed by atoms with Gasteiger partial charge in [-0.1, -0.05) is 18.6 Å². The standard InChI is InChI=1S/C21H32N2O2/c1-17-4-2-3-12-23(17)15-11-18-9-13-22(14-10-18)16-19-5-7-20(8-6-19)21(24)25/h5-8,17-18H,2-4,9-16H2,1H3,(H,24,25). The highest BCUT2D eigenvalue weighted by Gasteiger charge is 2.22. The maximum Gasteiger partial charge on any atom is 0.335 e. The summed E-state index contributed by atoms with van der Waals surface area (Å²) >= 11 is 0. The highest BCUT2D eigenvalue weighted by Crippen LogP contribution is 2.24. The number of piperidine rings is 2. The van der Waals surface area contributed by atoms with Crippen LogP contribution in [-0.4, -0.2) is 53.1 Å². The number of carbonyl (C=O) groups is 1. The molecule has 2 aliphatic heterocycles. The molecule has 0 saturated carbocycles. The summed E-state index contributed by atoms with van der Waals surface area (Å²) < 4.78 is 0. The predicted molar refractivity (Wildman–Crippen MR) is 101 cm³/mol. The predicted octanol–water partition coefficient (Wildman–Crippen LogP) is 3.86. The van der Waals surface area contributed by atoms with Crippen LogP contribution in [0.15, 0.2) is 24.3 Å². The van der Waals surface area contributed by atoms with Crippen LogP contribution in [0.1, 0.15) is 61.4 Å². The first kappa shape index (κ1) is 18.4. The lowest BCUT2D eigenvalue weighted by Crippen LogP contribution is -2.40. The number of carboxylic acid groups (broad SMARTS) is 1. The van der Waals surface area contributed by atoms with Gasteiger partial charge in [0.25, 0.3) is 0 Å². The first-order chi connectivity index (χ1) is 12.1. The van der Waals surface area contributed by atoms with E-state index in [1.807, 2.05) is 12.1 Å². The van der Waals surface area contributed by atoms with Crippen molar-refractivity contribution >= 4 is 5.97 Å². The molecule has 4 heteroatoms. The van der Waals surface area contributed by atoms with Crippen LogP contribution < -0.4 is 0 Å². The van der Waals surface area contributed by atoms with Crippen LogP contribution in [0.4, 0.5) is 0 Å². The molecular weight excluding hydrogens is 312 g/mol. The van der Waals surface area contributed by atoms with Crippen LogP contribution in [0.5, 0.6) is 0 Å². The Labute approximate surface area is 151 Å². The number of benzene rings is 1. The van der Waals surface area contributed by atoms with E-state index in [2.05, 4.69) is 16.7 Å². The Morgan fingerprint density at radius 1 is 1.08 bits per heavy atom. The molecule has 1 N–H and O–H groups in total. The van der Waals surface area contributed by atoms with E-state index in [0.717, 1.165) is 18.5 Å². The lowest BCUT2D eigenvalue weighted by Gasteiger charge is -2.36. The first-order valence-corrected chi connectivity index (χ1v) is 9.90. The van der Waals surface area contributed by atoms with Gasteiger partial charge in [0.2, 0.25) is 0 Å². The molecule has 4 nitrogen and oxygen atoms in total. The molecule has 3 rings (SSSR count). The summed E-state index contributed by atoms with van der Waals surface area (Å²) in [5.74, 6) is 0.0233. The second kappa shape index (κ2) is 8.81. The van der Waals surface area contributed by atoms with Gasteiger partial charge in [-0.2, -0.15) is 0 Å². The van der Waals surface area contributed by atoms with Crippen molar-refractivity contribution in [3.63, 3.8) is 0 Å². The maximum atomic E-state index is 10.9. The quantitative estimate of drug-likeness (QED) is 0.851. The number of carboxylic acids is 1. The second-order valence-electron chi connectivity index (χ2n) is 7.89. The van der Waals surface area contributed by atoms with Crippen molar-refractivity contribution in [3.05, 3.63) is 35.4 Å². The summed E-state index contributed by atoms with van der Waals surface area (Å²) in [5, 5.41) is 8.97. The fourth-order valence-corrected chi connectivity index (χ4v) is 4.28. The molecule has 0 aliphatic carbocycles. The van der Waals surface area contributed by atoms with Gasteiger partial charge in [-0.15, -0.1) is 0 Å². The number of rotatable bonds is 6. The highest BCUT2D eigenvalue weighted by molar-refractivity contribution is 5.87. The number of aromatic carboxylic acids is 1. The number of hydrogen-bond donors (Lipinski definition) is 1. The molecule has 0 spiro atoms. The minimum Gasteiger partial charge on any atom is -0.478 e. The van der Waals surface area contributed by atoms with Crippen LogP contribution in [0.3, 0.4) is 0 Å². The first-order valence-electron chi connectivity index (χ1n) is 9.90. The van der Waals surface area contributed by atoms with Gasteiger partial charge in [-0.25, -0.2) is 4.79 Å². The topological polar surface area (TPSA) is 43.8 Å². The molecule has 1 aromatic carbocycles. The molecule has 2 fully saturated rings. The molecule has 0 bridgehead atoms. The number of likely N-dealkylation sites (tertiary alicyclic amines) is 2. The summed E-state index contributed by atoms with van der Waals surface area (Å²) in [5.41, 5.74) is 1.58. The van der Waals surface area contributed by atoms with Gasteiger partial charge < -0.3 is 10.0 Å². The lowest BCUT2D eigenvalue weighted by molar-refractivity contribution is 0.0697. The summed E-state index contributed by atoms with van der Waals surface area (Å²) in [6.45, 7) is 8.24. The minimum absolute atomic E-state index is 0.370. The monoisotopic (exact) mass is 344 g/mol. The molecule has 2 saturated heterocycles. The van der Waals surface area contributed by atoms with Crippen LogP contribution in [0.2, 0.25) is 0 Å². The zero-order chi connectivity index (χ0) is 17.6. The summed E-state index contributed by atoms with van der Waals surface area (Å²) in [7, 11) is 0. The van der Waals surface area contributed by atoms with Crippen LogP contribution >= 0.6 is 0 Å². The molecule has 25 heavy (non-hydrogen) atoms. The third kappa shape index (κ3) is 5.29. The summed E-state index contributed by atoms with van der Waals surface area (Å²) in [6.07, 6.45) is 8.11. The molecule has 0 amide bonds. The molecule has 0 radical (unpaired) electrons. The van der Waals surface area contributed by atoms with E-state index in [9.17, 15) is 4.79 Å². The molecule has 0 aromatic heterocycles. The fourth-order valence-electron chi connectivity index (χ4n) is 4.28. The van der Waals surface area contributed by atoms with Crippen molar-refractivity contribution in [2.45, 2.75) is 58.0 Å². The average molecular weight is 344 g/mol. The van der Waals surface area contributed by atoms with Crippen molar-refractivity contribution < 1.29 is 9.90 Å². The largest absolute Gasteiger partial charge is 0.478 e. The van der Waals surface area contributed by atoms with E-state index in [0.29, 0.717) is 5.56 Å². The molecule has 2 aliphatic rings. The van der Waals surface area contributed by atoms with Gasteiger partial charge in [-0.05, 0) is 88.8 Å². The summed E-state index contributed by atoms with van der Waals surface area (Å²) in [4.78, 5) is 16.1. The van der Waals surface area contributed by atoms with E-state index in [1.54, 1.807) is 12.1 Å². The fraction of sp³-hybridized carbons (Fsp3) is 0.667. The molecule has 1 atom stereocenters. The Balaban J connectivity index is 1.38. The average Bonchev–Trinajstić information content (AvgIpc) is 2.63. The van der Waals surface area contributed by atoms with E-state index in [-0.39, 0.29) is 0 Å². The number of nitrogens with zero attached hydrogens (tertiary/aromatic N) is 2. The minimum atomic E-state index is -0.851. The normalized spacial score (nSPS) is 23.6. The molecular formula is C21H32N2O2. The molecule has 1 unspecified atom stereocenters. The Kier molecular flexibility index (Phi) is 6.49. The Bertz CT molecular complexity index is 550. The van der Waals surface area contributed by atoms with E-state index in [4.69, 9.17) is 5.11 Å². The van der Waals surface area contributed by atoms with Gasteiger partial charge in [0.05, 0.1) is 5.56 Å².